The number of anilines is 1. The molecule has 6 nitrogen and oxygen atoms in total. The highest BCUT2D eigenvalue weighted by Gasteiger charge is 2.21. The quantitative estimate of drug-likeness (QED) is 0.641. The third kappa shape index (κ3) is 3.59. The fourth-order valence-corrected chi connectivity index (χ4v) is 2.49. The largest absolute Gasteiger partial charge is 0.396 e. The summed E-state index contributed by atoms with van der Waals surface area (Å²) in [4.78, 5) is 12.7. The summed E-state index contributed by atoms with van der Waals surface area (Å²) in [5.74, 6) is 0. The second-order valence-corrected chi connectivity index (χ2v) is 4.81. The van der Waals surface area contributed by atoms with Crippen molar-refractivity contribution in [2.24, 2.45) is 5.73 Å². The highest BCUT2D eigenvalue weighted by molar-refractivity contribution is 5.85. The summed E-state index contributed by atoms with van der Waals surface area (Å²) in [5.41, 5.74) is 7.80. The maximum atomic E-state index is 10.9. The van der Waals surface area contributed by atoms with Crippen molar-refractivity contribution >= 4 is 23.8 Å². The molecule has 2 rings (SSSR count). The van der Waals surface area contributed by atoms with Gasteiger partial charge in [-0.3, -0.25) is 10.1 Å². The lowest BCUT2D eigenvalue weighted by molar-refractivity contribution is -0.384. The predicted octanol–water partition coefficient (Wildman–Crippen LogP) is 2.00. The number of nitro benzene ring substituents is 1. The van der Waals surface area contributed by atoms with Gasteiger partial charge in [0.05, 0.1) is 4.92 Å². The summed E-state index contributed by atoms with van der Waals surface area (Å²) in [6.07, 6.45) is 2.67. The second kappa shape index (κ2) is 7.42. The number of aliphatic hydroxyl groups excluding tert-OH is 1. The first-order valence-corrected chi connectivity index (χ1v) is 6.53. The molecule has 20 heavy (non-hydrogen) atoms. The molecule has 0 amide bonds. The molecule has 1 aromatic carbocycles. The molecule has 1 saturated heterocycles. The van der Waals surface area contributed by atoms with E-state index in [1.165, 1.54) is 12.1 Å². The van der Waals surface area contributed by atoms with Gasteiger partial charge in [-0.2, -0.15) is 0 Å². The van der Waals surface area contributed by atoms with E-state index in [4.69, 9.17) is 10.8 Å². The van der Waals surface area contributed by atoms with Crippen molar-refractivity contribution in [3.05, 3.63) is 33.9 Å². The number of nitrogens with zero attached hydrogens (tertiary/aromatic N) is 2. The molecule has 0 spiro atoms. The van der Waals surface area contributed by atoms with Gasteiger partial charge in [0, 0.05) is 43.6 Å². The highest BCUT2D eigenvalue weighted by Crippen LogP contribution is 2.32. The van der Waals surface area contributed by atoms with Crippen LogP contribution < -0.4 is 10.6 Å². The number of nitrogens with two attached hydrogens (primary N) is 1. The van der Waals surface area contributed by atoms with E-state index in [2.05, 4.69) is 4.90 Å². The molecule has 3 N–H and O–H groups in total. The van der Waals surface area contributed by atoms with Crippen LogP contribution in [0.2, 0.25) is 0 Å². The lowest BCUT2D eigenvalue weighted by Gasteiger charge is -2.24. The number of non-ortho nitro benzene ring substituents is 1. The van der Waals surface area contributed by atoms with E-state index in [1.54, 1.807) is 6.07 Å². The van der Waals surface area contributed by atoms with E-state index >= 15 is 0 Å². The first-order valence-electron chi connectivity index (χ1n) is 6.53. The molecule has 112 valence electrons. The lowest BCUT2D eigenvalue weighted by Crippen LogP contribution is -2.22. The number of hydrogen-bond acceptors (Lipinski definition) is 5. The number of aliphatic hydroxyl groups is 1. The normalized spacial score (nSPS) is 15.8. The third-order valence-corrected chi connectivity index (χ3v) is 3.51. The Morgan fingerprint density at radius 1 is 1.40 bits per heavy atom. The van der Waals surface area contributed by atoms with Gasteiger partial charge in [-0.25, -0.2) is 0 Å². The zero-order valence-electron chi connectivity index (χ0n) is 11.2. The minimum Gasteiger partial charge on any atom is -0.396 e. The molecular formula is C13H20ClN3O3. The maximum absolute atomic E-state index is 10.9. The molecule has 0 saturated carbocycles. The van der Waals surface area contributed by atoms with Gasteiger partial charge in [-0.15, -0.1) is 12.4 Å². The van der Waals surface area contributed by atoms with E-state index in [0.29, 0.717) is 6.42 Å². The van der Waals surface area contributed by atoms with Gasteiger partial charge in [-0.05, 0) is 30.9 Å². The predicted molar refractivity (Wildman–Crippen MR) is 80.4 cm³/mol. The molecule has 1 aliphatic heterocycles. The Hall–Kier alpha value is -1.37. The molecule has 0 bridgehead atoms. The Balaban J connectivity index is 0.00000200. The first-order chi connectivity index (χ1) is 9.13. The number of hydrogen-bond donors (Lipinski definition) is 2. The van der Waals surface area contributed by atoms with Crippen molar-refractivity contribution in [2.75, 3.05) is 24.6 Å². The Morgan fingerprint density at radius 3 is 2.60 bits per heavy atom. The average molecular weight is 302 g/mol. The fraction of sp³-hybridized carbons (Fsp3) is 0.538. The van der Waals surface area contributed by atoms with E-state index in [1.807, 2.05) is 0 Å². The van der Waals surface area contributed by atoms with Crippen LogP contribution in [0.4, 0.5) is 11.4 Å². The van der Waals surface area contributed by atoms with Crippen LogP contribution in [0.3, 0.4) is 0 Å². The van der Waals surface area contributed by atoms with Crippen LogP contribution in [0.5, 0.6) is 0 Å². The second-order valence-electron chi connectivity index (χ2n) is 4.81. The monoisotopic (exact) mass is 301 g/mol. The number of rotatable bonds is 5. The molecule has 1 aliphatic rings. The van der Waals surface area contributed by atoms with Crippen LogP contribution in [0, 0.1) is 10.1 Å². The van der Waals surface area contributed by atoms with E-state index in [0.717, 1.165) is 37.2 Å². The van der Waals surface area contributed by atoms with Crippen molar-refractivity contribution in [1.29, 1.82) is 0 Å². The summed E-state index contributed by atoms with van der Waals surface area (Å²) in [6.45, 7) is 1.89. The molecule has 1 heterocycles. The molecular weight excluding hydrogens is 282 g/mol. The van der Waals surface area contributed by atoms with Gasteiger partial charge in [-0.1, -0.05) is 0 Å². The topological polar surface area (TPSA) is 92.6 Å². The third-order valence-electron chi connectivity index (χ3n) is 3.51. The summed E-state index contributed by atoms with van der Waals surface area (Å²) in [7, 11) is 0. The zero-order chi connectivity index (χ0) is 13.8. The van der Waals surface area contributed by atoms with E-state index in [-0.39, 0.29) is 30.7 Å². The molecule has 7 heteroatoms. The van der Waals surface area contributed by atoms with Crippen LogP contribution in [0.1, 0.15) is 30.9 Å². The van der Waals surface area contributed by atoms with Gasteiger partial charge in [0.15, 0.2) is 0 Å². The Morgan fingerprint density at radius 2 is 2.05 bits per heavy atom. The van der Waals surface area contributed by atoms with Crippen molar-refractivity contribution < 1.29 is 10.0 Å². The summed E-state index contributed by atoms with van der Waals surface area (Å²) < 4.78 is 0. The average Bonchev–Trinajstić information content (AvgIpc) is 2.92. The highest BCUT2D eigenvalue weighted by atomic mass is 35.5. The molecule has 1 aromatic rings. The number of benzene rings is 1. The van der Waals surface area contributed by atoms with Crippen molar-refractivity contribution in [3.63, 3.8) is 0 Å². The standard InChI is InChI=1S/C13H19N3O3.ClH/c14-12(5-8-17)11-9-10(16(18)19)3-4-13(11)15-6-1-2-7-15;/h3-4,9,12,17H,1-2,5-8,14H2;1H. The van der Waals surface area contributed by atoms with Gasteiger partial charge in [0.2, 0.25) is 0 Å². The summed E-state index contributed by atoms with van der Waals surface area (Å²) in [6, 6.07) is 4.45. The van der Waals surface area contributed by atoms with Crippen LogP contribution in [0.25, 0.3) is 0 Å². The van der Waals surface area contributed by atoms with Crippen LogP contribution in [-0.2, 0) is 0 Å². The summed E-state index contributed by atoms with van der Waals surface area (Å²) >= 11 is 0. The Kier molecular flexibility index (Phi) is 6.19. The number of nitro groups is 1. The van der Waals surface area contributed by atoms with E-state index in [9.17, 15) is 10.1 Å². The zero-order valence-corrected chi connectivity index (χ0v) is 12.0. The maximum Gasteiger partial charge on any atom is 0.269 e. The lowest BCUT2D eigenvalue weighted by atomic mass is 10.0. The molecule has 1 atom stereocenters. The smallest absolute Gasteiger partial charge is 0.269 e. The number of halogens is 1. The molecule has 0 aromatic heterocycles. The minimum atomic E-state index is -0.414. The van der Waals surface area contributed by atoms with E-state index < -0.39 is 4.92 Å². The van der Waals surface area contributed by atoms with Gasteiger partial charge in [0.1, 0.15) is 0 Å². The Bertz CT molecular complexity index is 464. The van der Waals surface area contributed by atoms with Crippen LogP contribution in [0.15, 0.2) is 18.2 Å². The molecule has 0 radical (unpaired) electrons. The Labute approximate surface area is 124 Å². The van der Waals surface area contributed by atoms with Crippen molar-refractivity contribution in [2.45, 2.75) is 25.3 Å². The first kappa shape index (κ1) is 16.7. The van der Waals surface area contributed by atoms with Gasteiger partial charge < -0.3 is 15.7 Å². The summed E-state index contributed by atoms with van der Waals surface area (Å²) in [5, 5.41) is 19.9. The molecule has 1 fully saturated rings. The van der Waals surface area contributed by atoms with Gasteiger partial charge >= 0.3 is 0 Å². The van der Waals surface area contributed by atoms with Crippen molar-refractivity contribution in [3.8, 4) is 0 Å². The minimum absolute atomic E-state index is 0. The molecule has 1 unspecified atom stereocenters. The van der Waals surface area contributed by atoms with Crippen molar-refractivity contribution in [1.82, 2.24) is 0 Å². The van der Waals surface area contributed by atoms with Crippen LogP contribution >= 0.6 is 12.4 Å². The SMILES string of the molecule is Cl.NC(CCO)c1cc([N+](=O)[O-])ccc1N1CCCC1. The van der Waals surface area contributed by atoms with Crippen LogP contribution in [-0.4, -0.2) is 29.7 Å². The molecule has 0 aliphatic carbocycles. The fourth-order valence-electron chi connectivity index (χ4n) is 2.49. The van der Waals surface area contributed by atoms with Gasteiger partial charge in [0.25, 0.3) is 5.69 Å².